The lowest BCUT2D eigenvalue weighted by Gasteiger charge is -2.13. The molecule has 4 nitrogen and oxygen atoms in total. The Balaban J connectivity index is 2.08. The van der Waals surface area contributed by atoms with Crippen LogP contribution in [0, 0.1) is 0 Å². The second kappa shape index (κ2) is 6.52. The zero-order valence-corrected chi connectivity index (χ0v) is 11.5. The van der Waals surface area contributed by atoms with E-state index in [-0.39, 0.29) is 5.97 Å². The molecule has 0 atom stereocenters. The Morgan fingerprint density at radius 1 is 1.10 bits per heavy atom. The van der Waals surface area contributed by atoms with Crippen molar-refractivity contribution < 1.29 is 9.53 Å². The van der Waals surface area contributed by atoms with Gasteiger partial charge in [-0.2, -0.15) is 0 Å². The van der Waals surface area contributed by atoms with Crippen LogP contribution in [0.4, 0.5) is 11.4 Å². The highest BCUT2D eigenvalue weighted by Gasteiger charge is 2.05. The minimum absolute atomic E-state index is 0.336. The third kappa shape index (κ3) is 3.45. The summed E-state index contributed by atoms with van der Waals surface area (Å²) in [7, 11) is 3.27. The Morgan fingerprint density at radius 2 is 1.75 bits per heavy atom. The molecule has 0 aliphatic rings. The lowest BCUT2D eigenvalue weighted by Crippen LogP contribution is -2.14. The summed E-state index contributed by atoms with van der Waals surface area (Å²) in [5.41, 5.74) is 2.37. The summed E-state index contributed by atoms with van der Waals surface area (Å²) >= 11 is 0. The molecule has 102 valence electrons. The topological polar surface area (TPSA) is 41.9 Å². The standard InChI is InChI=1S/C16H16N2O2/c1-18(12-17-14-6-4-3-5-7-14)15-10-8-13(9-11-15)16(19)20-2/h3-12H,1-2H3. The molecule has 0 N–H and O–H groups in total. The van der Waals surface area contributed by atoms with Crippen LogP contribution in [-0.4, -0.2) is 26.5 Å². The number of hydrogen-bond donors (Lipinski definition) is 0. The predicted octanol–water partition coefficient (Wildman–Crippen LogP) is 3.27. The number of rotatable bonds is 4. The number of carbonyl (C=O) groups is 1. The molecular weight excluding hydrogens is 252 g/mol. The molecule has 0 radical (unpaired) electrons. The van der Waals surface area contributed by atoms with E-state index in [0.29, 0.717) is 5.56 Å². The molecule has 20 heavy (non-hydrogen) atoms. The quantitative estimate of drug-likeness (QED) is 0.485. The van der Waals surface area contributed by atoms with E-state index in [9.17, 15) is 4.79 Å². The molecule has 0 unspecified atom stereocenters. The summed E-state index contributed by atoms with van der Waals surface area (Å²) < 4.78 is 4.66. The second-order valence-corrected chi connectivity index (χ2v) is 4.23. The summed E-state index contributed by atoms with van der Waals surface area (Å²) in [6.45, 7) is 0. The Labute approximate surface area is 118 Å². The summed E-state index contributed by atoms with van der Waals surface area (Å²) in [6, 6.07) is 16.9. The van der Waals surface area contributed by atoms with Gasteiger partial charge in [-0.15, -0.1) is 0 Å². The molecule has 2 rings (SSSR count). The first kappa shape index (κ1) is 13.8. The first-order valence-electron chi connectivity index (χ1n) is 6.21. The van der Waals surface area contributed by atoms with Crippen molar-refractivity contribution in [2.75, 3.05) is 19.1 Å². The highest BCUT2D eigenvalue weighted by molar-refractivity contribution is 5.90. The zero-order valence-electron chi connectivity index (χ0n) is 11.5. The molecule has 0 heterocycles. The first-order chi connectivity index (χ1) is 9.70. The number of anilines is 1. The molecule has 0 spiro atoms. The molecule has 0 saturated carbocycles. The number of carbonyl (C=O) groups excluding carboxylic acids is 1. The smallest absolute Gasteiger partial charge is 0.337 e. The summed E-state index contributed by atoms with van der Waals surface area (Å²) in [6.07, 6.45) is 1.74. The number of aliphatic imine (C=N–C) groups is 1. The van der Waals surface area contributed by atoms with E-state index in [2.05, 4.69) is 9.73 Å². The van der Waals surface area contributed by atoms with E-state index in [1.54, 1.807) is 18.5 Å². The summed E-state index contributed by atoms with van der Waals surface area (Å²) in [4.78, 5) is 17.6. The lowest BCUT2D eigenvalue weighted by molar-refractivity contribution is 0.0601. The summed E-state index contributed by atoms with van der Waals surface area (Å²) in [5, 5.41) is 0. The van der Waals surface area contributed by atoms with Gasteiger partial charge >= 0.3 is 5.97 Å². The zero-order chi connectivity index (χ0) is 14.4. The van der Waals surface area contributed by atoms with Gasteiger partial charge in [0.05, 0.1) is 24.7 Å². The number of ether oxygens (including phenoxy) is 1. The second-order valence-electron chi connectivity index (χ2n) is 4.23. The molecule has 0 saturated heterocycles. The van der Waals surface area contributed by atoms with Crippen molar-refractivity contribution in [3.8, 4) is 0 Å². The Hall–Kier alpha value is -2.62. The third-order valence-electron chi connectivity index (χ3n) is 2.83. The minimum Gasteiger partial charge on any atom is -0.465 e. The van der Waals surface area contributed by atoms with Crippen molar-refractivity contribution in [2.24, 2.45) is 4.99 Å². The van der Waals surface area contributed by atoms with E-state index < -0.39 is 0 Å². The van der Waals surface area contributed by atoms with Crippen LogP contribution in [0.5, 0.6) is 0 Å². The van der Waals surface area contributed by atoms with Crippen molar-refractivity contribution >= 4 is 23.7 Å². The highest BCUT2D eigenvalue weighted by atomic mass is 16.5. The highest BCUT2D eigenvalue weighted by Crippen LogP contribution is 2.15. The molecule has 0 aliphatic carbocycles. The van der Waals surface area contributed by atoms with Crippen LogP contribution in [0.3, 0.4) is 0 Å². The molecular formula is C16H16N2O2. The van der Waals surface area contributed by atoms with Gasteiger partial charge in [-0.25, -0.2) is 9.79 Å². The number of nitrogens with zero attached hydrogens (tertiary/aromatic N) is 2. The number of hydrogen-bond acceptors (Lipinski definition) is 3. The SMILES string of the molecule is COC(=O)c1ccc(N(C)C=Nc2ccccc2)cc1. The van der Waals surface area contributed by atoms with Crippen molar-refractivity contribution in [3.05, 3.63) is 60.2 Å². The van der Waals surface area contributed by atoms with E-state index in [1.165, 1.54) is 7.11 Å². The van der Waals surface area contributed by atoms with Crippen LogP contribution in [0.15, 0.2) is 59.6 Å². The van der Waals surface area contributed by atoms with Crippen LogP contribution in [0.1, 0.15) is 10.4 Å². The van der Waals surface area contributed by atoms with Crippen molar-refractivity contribution in [3.63, 3.8) is 0 Å². The van der Waals surface area contributed by atoms with Gasteiger partial charge in [-0.3, -0.25) is 0 Å². The fourth-order valence-corrected chi connectivity index (χ4v) is 1.68. The van der Waals surface area contributed by atoms with Crippen LogP contribution in [0.2, 0.25) is 0 Å². The fourth-order valence-electron chi connectivity index (χ4n) is 1.68. The largest absolute Gasteiger partial charge is 0.465 e. The molecule has 4 heteroatoms. The minimum atomic E-state index is -0.336. The van der Waals surface area contributed by atoms with E-state index in [0.717, 1.165) is 11.4 Å². The molecule has 0 fully saturated rings. The van der Waals surface area contributed by atoms with Crippen LogP contribution < -0.4 is 4.90 Å². The number of esters is 1. The van der Waals surface area contributed by atoms with Crippen molar-refractivity contribution in [1.82, 2.24) is 0 Å². The van der Waals surface area contributed by atoms with Crippen LogP contribution in [0.25, 0.3) is 0 Å². The lowest BCUT2D eigenvalue weighted by atomic mass is 10.2. The van der Waals surface area contributed by atoms with Gasteiger partial charge in [0.15, 0.2) is 0 Å². The van der Waals surface area contributed by atoms with Gasteiger partial charge in [-0.1, -0.05) is 18.2 Å². The molecule has 2 aromatic carbocycles. The Bertz CT molecular complexity index is 592. The normalized spacial score (nSPS) is 10.5. The first-order valence-corrected chi connectivity index (χ1v) is 6.21. The summed E-state index contributed by atoms with van der Waals surface area (Å²) in [5.74, 6) is -0.336. The maximum Gasteiger partial charge on any atom is 0.337 e. The number of methoxy groups -OCH3 is 1. The molecule has 0 aliphatic heterocycles. The van der Waals surface area contributed by atoms with Gasteiger partial charge in [-0.05, 0) is 36.4 Å². The van der Waals surface area contributed by atoms with Crippen molar-refractivity contribution in [2.45, 2.75) is 0 Å². The predicted molar refractivity (Wildman–Crippen MR) is 80.8 cm³/mol. The third-order valence-corrected chi connectivity index (χ3v) is 2.83. The average molecular weight is 268 g/mol. The van der Waals surface area contributed by atoms with Gasteiger partial charge in [0.2, 0.25) is 0 Å². The maximum absolute atomic E-state index is 11.3. The molecule has 2 aromatic rings. The van der Waals surface area contributed by atoms with Gasteiger partial charge in [0, 0.05) is 12.7 Å². The Morgan fingerprint density at radius 3 is 2.35 bits per heavy atom. The molecule has 0 amide bonds. The van der Waals surface area contributed by atoms with Crippen molar-refractivity contribution in [1.29, 1.82) is 0 Å². The van der Waals surface area contributed by atoms with Gasteiger partial charge in [0.1, 0.15) is 0 Å². The van der Waals surface area contributed by atoms with E-state index in [4.69, 9.17) is 0 Å². The van der Waals surface area contributed by atoms with Crippen LogP contribution in [-0.2, 0) is 4.74 Å². The Kier molecular flexibility index (Phi) is 4.50. The average Bonchev–Trinajstić information content (AvgIpc) is 2.53. The van der Waals surface area contributed by atoms with E-state index >= 15 is 0 Å². The fraction of sp³-hybridized carbons (Fsp3) is 0.125. The van der Waals surface area contributed by atoms with Gasteiger partial charge < -0.3 is 9.64 Å². The number of benzene rings is 2. The van der Waals surface area contributed by atoms with E-state index in [1.807, 2.05) is 54.4 Å². The molecule has 0 bridgehead atoms. The van der Waals surface area contributed by atoms with Crippen LogP contribution >= 0.6 is 0 Å². The number of para-hydroxylation sites is 1. The maximum atomic E-state index is 11.3. The molecule has 0 aromatic heterocycles. The van der Waals surface area contributed by atoms with Gasteiger partial charge in [0.25, 0.3) is 0 Å². The monoisotopic (exact) mass is 268 g/mol.